The van der Waals surface area contributed by atoms with Crippen molar-refractivity contribution in [2.45, 2.75) is 38.5 Å². The van der Waals surface area contributed by atoms with E-state index in [1.165, 1.54) is 32.1 Å². The number of rotatable bonds is 4. The highest BCUT2D eigenvalue weighted by Crippen LogP contribution is 2.57. The number of carbonyl (C=O) groups excluding carboxylic acids is 2. The van der Waals surface area contributed by atoms with E-state index in [1.807, 2.05) is 21.9 Å². The Labute approximate surface area is 199 Å². The van der Waals surface area contributed by atoms with Gasteiger partial charge in [0, 0.05) is 43.6 Å². The van der Waals surface area contributed by atoms with Crippen LogP contribution in [0.15, 0.2) is 18.2 Å². The summed E-state index contributed by atoms with van der Waals surface area (Å²) in [6, 6.07) is 5.43. The number of H-pyrrole nitrogens is 1. The van der Waals surface area contributed by atoms with E-state index in [0.717, 1.165) is 41.5 Å². The van der Waals surface area contributed by atoms with Crippen LogP contribution in [0.2, 0.25) is 0 Å². The number of benzene rings is 1. The average Bonchev–Trinajstić information content (AvgIpc) is 3.54. The first kappa shape index (κ1) is 20.7. The highest BCUT2D eigenvalue weighted by Gasteiger charge is 2.48. The molecule has 6 aliphatic rings. The molecule has 0 radical (unpaired) electrons. The number of aromatic nitrogens is 3. The highest BCUT2D eigenvalue weighted by atomic mass is 16.6. The van der Waals surface area contributed by atoms with Gasteiger partial charge in [0.15, 0.2) is 0 Å². The Morgan fingerprint density at radius 3 is 2.21 bits per heavy atom. The van der Waals surface area contributed by atoms with Gasteiger partial charge in [0.05, 0.1) is 6.61 Å². The Morgan fingerprint density at radius 2 is 1.50 bits per heavy atom. The van der Waals surface area contributed by atoms with Crippen molar-refractivity contribution >= 4 is 23.0 Å². The van der Waals surface area contributed by atoms with E-state index >= 15 is 0 Å². The topological polar surface area (TPSA) is 91.4 Å². The second-order valence-corrected chi connectivity index (χ2v) is 11.7. The van der Waals surface area contributed by atoms with E-state index < -0.39 is 0 Å². The van der Waals surface area contributed by atoms with Crippen LogP contribution in [0.4, 0.5) is 4.79 Å². The second-order valence-electron chi connectivity index (χ2n) is 11.7. The van der Waals surface area contributed by atoms with Gasteiger partial charge in [-0.1, -0.05) is 0 Å². The first-order chi connectivity index (χ1) is 16.6. The number of fused-ring (bicyclic) bond motifs is 2. The number of amides is 2. The summed E-state index contributed by atoms with van der Waals surface area (Å²) in [6.07, 6.45) is 8.04. The Bertz CT molecular complexity index is 1070. The first-order valence-electron chi connectivity index (χ1n) is 13.1. The van der Waals surface area contributed by atoms with Crippen LogP contribution in [0.1, 0.15) is 48.9 Å². The third kappa shape index (κ3) is 3.48. The third-order valence-electron chi connectivity index (χ3n) is 9.69. The average molecular weight is 464 g/mol. The Balaban J connectivity index is 0.899. The summed E-state index contributed by atoms with van der Waals surface area (Å²) in [5.74, 6) is 5.21. The lowest BCUT2D eigenvalue weighted by molar-refractivity contribution is -0.0462. The van der Waals surface area contributed by atoms with Gasteiger partial charge in [-0.05, 0) is 86.3 Å². The number of aromatic amines is 1. The van der Waals surface area contributed by atoms with Gasteiger partial charge in [-0.15, -0.1) is 0 Å². The van der Waals surface area contributed by atoms with Gasteiger partial charge in [-0.25, -0.2) is 4.79 Å². The predicted molar refractivity (Wildman–Crippen MR) is 125 cm³/mol. The number of carbonyl (C=O) groups is 2. The summed E-state index contributed by atoms with van der Waals surface area (Å²) in [6.45, 7) is 3.32. The lowest BCUT2D eigenvalue weighted by Gasteiger charge is -2.54. The highest BCUT2D eigenvalue weighted by molar-refractivity contribution is 5.97. The maximum atomic E-state index is 13.0. The summed E-state index contributed by atoms with van der Waals surface area (Å²) in [5, 5.41) is 10.7. The molecule has 0 spiro atoms. The van der Waals surface area contributed by atoms with Crippen LogP contribution >= 0.6 is 0 Å². The Kier molecular flexibility index (Phi) is 4.84. The number of hydrogen-bond donors (Lipinski definition) is 1. The summed E-state index contributed by atoms with van der Waals surface area (Å²) < 4.78 is 5.76. The van der Waals surface area contributed by atoms with Crippen LogP contribution < -0.4 is 0 Å². The van der Waals surface area contributed by atoms with Gasteiger partial charge in [0.25, 0.3) is 5.91 Å². The maximum absolute atomic E-state index is 13.0. The van der Waals surface area contributed by atoms with Gasteiger partial charge < -0.3 is 14.5 Å². The molecular formula is C26H33N5O3. The molecule has 34 heavy (non-hydrogen) atoms. The summed E-state index contributed by atoms with van der Waals surface area (Å²) in [7, 11) is 0. The Hall–Kier alpha value is -2.64. The van der Waals surface area contributed by atoms with Crippen molar-refractivity contribution in [3.8, 4) is 0 Å². The van der Waals surface area contributed by atoms with Crippen molar-refractivity contribution in [1.29, 1.82) is 0 Å². The smallest absolute Gasteiger partial charge is 0.409 e. The number of hydrogen-bond acceptors (Lipinski definition) is 5. The van der Waals surface area contributed by atoms with Crippen LogP contribution in [0, 0.1) is 41.4 Å². The van der Waals surface area contributed by atoms with Crippen LogP contribution in [-0.4, -0.2) is 70.0 Å². The standard InChI is InChI=1S/C26H33N5O3/c32-25(17-1-2-23-24(10-17)28-29-27-23)30-11-20-13-31(14-21(20)12-30)26(33)34-4-3-22-18-6-15-5-16(8-18)9-19(22)7-15/h1-2,10,15-16,18-22H,3-9,11-14H2,(H,27,28,29)/t15?,16?,18?,19?,20-,21?,22?/m0/s1. The number of nitrogens with one attached hydrogen (secondary N) is 1. The monoisotopic (exact) mass is 463 g/mol. The van der Waals surface area contributed by atoms with Crippen molar-refractivity contribution in [1.82, 2.24) is 25.2 Å². The van der Waals surface area contributed by atoms with E-state index in [-0.39, 0.29) is 12.0 Å². The Morgan fingerprint density at radius 1 is 0.853 bits per heavy atom. The minimum atomic E-state index is -0.160. The fraction of sp³-hybridized carbons (Fsp3) is 0.692. The molecule has 2 aromatic rings. The molecule has 2 saturated heterocycles. The van der Waals surface area contributed by atoms with Crippen molar-refractivity contribution < 1.29 is 14.3 Å². The molecule has 6 fully saturated rings. The van der Waals surface area contributed by atoms with Crippen LogP contribution in [0.25, 0.3) is 11.0 Å². The van der Waals surface area contributed by atoms with Crippen LogP contribution in [0.5, 0.6) is 0 Å². The van der Waals surface area contributed by atoms with Crippen molar-refractivity contribution in [3.05, 3.63) is 23.8 Å². The van der Waals surface area contributed by atoms with Gasteiger partial charge >= 0.3 is 6.09 Å². The largest absolute Gasteiger partial charge is 0.449 e. The normalized spacial score (nSPS) is 35.8. The molecule has 8 rings (SSSR count). The molecule has 4 saturated carbocycles. The van der Waals surface area contributed by atoms with Gasteiger partial charge in [0.2, 0.25) is 0 Å². The summed E-state index contributed by atoms with van der Waals surface area (Å²) in [4.78, 5) is 29.6. The molecule has 1 aromatic carbocycles. The molecule has 180 valence electrons. The predicted octanol–water partition coefficient (Wildman–Crippen LogP) is 3.56. The molecule has 3 heterocycles. The SMILES string of the molecule is O=C(OCCC1C2CC3CC(C2)CC1C3)N1CC2CN(C(=O)c3ccc4n[nH]nc4c3)C[C@H]2C1. The van der Waals surface area contributed by atoms with E-state index in [2.05, 4.69) is 15.4 Å². The third-order valence-corrected chi connectivity index (χ3v) is 9.69. The number of ether oxygens (including phenoxy) is 1. The number of nitrogens with zero attached hydrogens (tertiary/aromatic N) is 4. The van der Waals surface area contributed by atoms with E-state index in [4.69, 9.17) is 4.74 Å². The molecule has 8 nitrogen and oxygen atoms in total. The minimum absolute atomic E-state index is 0.0316. The molecular weight excluding hydrogens is 430 g/mol. The quantitative estimate of drug-likeness (QED) is 0.749. The molecule has 1 unspecified atom stereocenters. The lowest BCUT2D eigenvalue weighted by atomic mass is 9.51. The van der Waals surface area contributed by atoms with Crippen molar-refractivity contribution in [2.75, 3.05) is 32.8 Å². The van der Waals surface area contributed by atoms with Crippen LogP contribution in [-0.2, 0) is 4.74 Å². The zero-order chi connectivity index (χ0) is 22.8. The van der Waals surface area contributed by atoms with Crippen molar-refractivity contribution in [3.63, 3.8) is 0 Å². The molecule has 1 aromatic heterocycles. The molecule has 1 N–H and O–H groups in total. The number of likely N-dealkylation sites (tertiary alicyclic amines) is 2. The summed E-state index contributed by atoms with van der Waals surface area (Å²) >= 11 is 0. The minimum Gasteiger partial charge on any atom is -0.449 e. The molecule has 4 aliphatic carbocycles. The fourth-order valence-corrected chi connectivity index (χ4v) is 8.35. The molecule has 4 bridgehead atoms. The zero-order valence-electron chi connectivity index (χ0n) is 19.6. The van der Waals surface area contributed by atoms with E-state index in [9.17, 15) is 9.59 Å². The maximum Gasteiger partial charge on any atom is 0.409 e. The zero-order valence-corrected chi connectivity index (χ0v) is 19.6. The van der Waals surface area contributed by atoms with Gasteiger partial charge in [0.1, 0.15) is 11.0 Å². The second kappa shape index (κ2) is 7.95. The molecule has 2 amide bonds. The fourth-order valence-electron chi connectivity index (χ4n) is 8.35. The molecule has 2 aliphatic heterocycles. The van der Waals surface area contributed by atoms with Gasteiger partial charge in [-0.2, -0.15) is 15.4 Å². The van der Waals surface area contributed by atoms with Gasteiger partial charge in [-0.3, -0.25) is 4.79 Å². The lowest BCUT2D eigenvalue weighted by Crippen LogP contribution is -2.45. The summed E-state index contributed by atoms with van der Waals surface area (Å²) in [5.41, 5.74) is 2.10. The van der Waals surface area contributed by atoms with Crippen LogP contribution in [0.3, 0.4) is 0 Å². The first-order valence-corrected chi connectivity index (χ1v) is 13.1. The van der Waals surface area contributed by atoms with E-state index in [1.54, 1.807) is 6.07 Å². The molecule has 2 atom stereocenters. The molecule has 8 heteroatoms. The van der Waals surface area contributed by atoms with Crippen molar-refractivity contribution in [2.24, 2.45) is 41.4 Å². The van der Waals surface area contributed by atoms with E-state index in [0.29, 0.717) is 55.7 Å².